The van der Waals surface area contributed by atoms with Crippen molar-refractivity contribution in [2.24, 2.45) is 0 Å². The molecule has 0 spiro atoms. The molecule has 0 amide bonds. The van der Waals surface area contributed by atoms with E-state index in [0.29, 0.717) is 5.57 Å². The van der Waals surface area contributed by atoms with Crippen molar-refractivity contribution in [2.75, 3.05) is 0 Å². The van der Waals surface area contributed by atoms with E-state index in [4.69, 9.17) is 5.11 Å². The number of carboxylic acid groups (broad SMARTS) is 1. The quantitative estimate of drug-likeness (QED) is 0.708. The van der Waals surface area contributed by atoms with Gasteiger partial charge in [0.15, 0.2) is 0 Å². The molecule has 0 aromatic heterocycles. The van der Waals surface area contributed by atoms with Gasteiger partial charge in [-0.3, -0.25) is 0 Å². The second kappa shape index (κ2) is 5.92. The third-order valence-corrected chi connectivity index (χ3v) is 0.770. The van der Waals surface area contributed by atoms with Gasteiger partial charge in [-0.15, -0.1) is 0 Å². The zero-order valence-electron chi connectivity index (χ0n) is 4.81. The van der Waals surface area contributed by atoms with Crippen LogP contribution in [0.25, 0.3) is 0 Å². The summed E-state index contributed by atoms with van der Waals surface area (Å²) in [5, 5.41) is 8.11. The molecule has 1 radical (unpaired) electrons. The number of hydrogen-bond donors (Lipinski definition) is 1. The second-order valence-corrected chi connectivity index (χ2v) is 1.28. The van der Waals surface area contributed by atoms with E-state index in [2.05, 4.69) is 0 Å². The largest absolute Gasteiger partial charge is 0.478 e. The Morgan fingerprint density at radius 3 is 2.00 bits per heavy atom. The van der Waals surface area contributed by atoms with Crippen molar-refractivity contribution in [1.29, 1.82) is 0 Å². The minimum atomic E-state index is -0.845. The maximum absolute atomic E-state index is 9.86. The van der Waals surface area contributed by atoms with Gasteiger partial charge in [-0.2, -0.15) is 0 Å². The van der Waals surface area contributed by atoms with Gasteiger partial charge in [0.05, 0.1) is 0 Å². The summed E-state index contributed by atoms with van der Waals surface area (Å²) < 4.78 is 0. The normalized spacial score (nSPS) is 10.0. The van der Waals surface area contributed by atoms with Gasteiger partial charge in [-0.25, -0.2) is 4.79 Å². The molecule has 1 N–H and O–H groups in total. The fourth-order valence-corrected chi connectivity index (χ4v) is 0.123. The minimum Gasteiger partial charge on any atom is -0.478 e. The predicted octanol–water partition coefficient (Wildman–Crippen LogP) is 1.04. The smallest absolute Gasteiger partial charge is 0.330 e. The first-order valence-corrected chi connectivity index (χ1v) is 2.04. The standard InChI is InChI=1S/C5H8O2.Eu/c1-3-4(2)5(6)7;/h3H,1-2H3,(H,6,7);. The van der Waals surface area contributed by atoms with E-state index < -0.39 is 5.97 Å². The molecule has 2 nitrogen and oxygen atoms in total. The summed E-state index contributed by atoms with van der Waals surface area (Å²) in [5.74, 6) is -0.845. The molecule has 0 heterocycles. The first kappa shape index (κ1) is 11.6. The molecule has 0 saturated heterocycles. The Balaban J connectivity index is 0. The average Bonchev–Trinajstić information content (AvgIpc) is 1.65. The molecular weight excluding hydrogens is 244 g/mol. The number of hydrogen-bond acceptors (Lipinski definition) is 1. The number of carbonyl (C=O) groups is 1. The third-order valence-electron chi connectivity index (χ3n) is 0.770. The van der Waals surface area contributed by atoms with Crippen LogP contribution in [0, 0.1) is 49.4 Å². The number of rotatable bonds is 1. The zero-order chi connectivity index (χ0) is 5.86. The summed E-state index contributed by atoms with van der Waals surface area (Å²) in [5.41, 5.74) is 0.389. The summed E-state index contributed by atoms with van der Waals surface area (Å²) in [6, 6.07) is 0. The molecule has 0 aromatic rings. The van der Waals surface area contributed by atoms with Gasteiger partial charge in [0.2, 0.25) is 0 Å². The summed E-state index contributed by atoms with van der Waals surface area (Å²) in [7, 11) is 0. The molecule has 47 valence electrons. The zero-order valence-corrected chi connectivity index (χ0v) is 7.24. The van der Waals surface area contributed by atoms with E-state index >= 15 is 0 Å². The Bertz CT molecular complexity index is 107. The van der Waals surface area contributed by atoms with Crippen LogP contribution in [0.2, 0.25) is 0 Å². The van der Waals surface area contributed by atoms with Crippen molar-refractivity contribution in [3.63, 3.8) is 0 Å². The molecular formula is C5H8EuO2. The Kier molecular flexibility index (Phi) is 8.57. The topological polar surface area (TPSA) is 37.3 Å². The monoisotopic (exact) mass is 253 g/mol. The van der Waals surface area contributed by atoms with E-state index in [1.165, 1.54) is 0 Å². The average molecular weight is 252 g/mol. The van der Waals surface area contributed by atoms with Gasteiger partial charge in [0, 0.05) is 54.9 Å². The maximum Gasteiger partial charge on any atom is 0.330 e. The van der Waals surface area contributed by atoms with Gasteiger partial charge in [0.1, 0.15) is 0 Å². The van der Waals surface area contributed by atoms with Gasteiger partial charge in [0.25, 0.3) is 0 Å². The molecule has 0 bridgehead atoms. The van der Waals surface area contributed by atoms with Crippen molar-refractivity contribution < 1.29 is 59.3 Å². The van der Waals surface area contributed by atoms with Crippen LogP contribution in [0.4, 0.5) is 0 Å². The van der Waals surface area contributed by atoms with E-state index in [0.717, 1.165) is 0 Å². The molecule has 0 aromatic carbocycles. The Morgan fingerprint density at radius 2 is 2.00 bits per heavy atom. The van der Waals surface area contributed by atoms with Crippen LogP contribution >= 0.6 is 0 Å². The van der Waals surface area contributed by atoms with Crippen LogP contribution < -0.4 is 0 Å². The summed E-state index contributed by atoms with van der Waals surface area (Å²) >= 11 is 0. The van der Waals surface area contributed by atoms with E-state index in [1.807, 2.05) is 0 Å². The Hall–Kier alpha value is 0.794. The predicted molar refractivity (Wildman–Crippen MR) is 27.1 cm³/mol. The minimum absolute atomic E-state index is 0. The Morgan fingerprint density at radius 1 is 1.62 bits per heavy atom. The molecule has 8 heavy (non-hydrogen) atoms. The Labute approximate surface area is 89.5 Å². The van der Waals surface area contributed by atoms with Crippen molar-refractivity contribution in [3.05, 3.63) is 11.6 Å². The second-order valence-electron chi connectivity index (χ2n) is 1.28. The van der Waals surface area contributed by atoms with Crippen molar-refractivity contribution in [2.45, 2.75) is 13.8 Å². The van der Waals surface area contributed by atoms with Crippen LogP contribution in [-0.4, -0.2) is 11.1 Å². The van der Waals surface area contributed by atoms with E-state index in [9.17, 15) is 4.79 Å². The summed E-state index contributed by atoms with van der Waals surface area (Å²) in [4.78, 5) is 9.86. The molecule has 0 saturated carbocycles. The first-order chi connectivity index (χ1) is 3.18. The van der Waals surface area contributed by atoms with Gasteiger partial charge in [-0.05, 0) is 13.8 Å². The SMILES string of the molecule is CC=C(C)C(=O)O.[Eu]. The van der Waals surface area contributed by atoms with Crippen molar-refractivity contribution >= 4 is 5.97 Å². The van der Waals surface area contributed by atoms with E-state index in [1.54, 1.807) is 19.9 Å². The molecule has 0 aliphatic carbocycles. The van der Waals surface area contributed by atoms with Crippen LogP contribution in [0.5, 0.6) is 0 Å². The van der Waals surface area contributed by atoms with Crippen LogP contribution in [-0.2, 0) is 4.79 Å². The number of aliphatic carboxylic acids is 1. The van der Waals surface area contributed by atoms with Crippen LogP contribution in [0.15, 0.2) is 11.6 Å². The molecule has 0 aliphatic heterocycles. The number of allylic oxidation sites excluding steroid dienone is 1. The fraction of sp³-hybridized carbons (Fsp3) is 0.400. The van der Waals surface area contributed by atoms with Crippen LogP contribution in [0.1, 0.15) is 13.8 Å². The maximum atomic E-state index is 9.86. The fourth-order valence-electron chi connectivity index (χ4n) is 0.123. The van der Waals surface area contributed by atoms with Crippen molar-refractivity contribution in [3.8, 4) is 0 Å². The first-order valence-electron chi connectivity index (χ1n) is 2.04. The van der Waals surface area contributed by atoms with Gasteiger partial charge >= 0.3 is 5.97 Å². The molecule has 0 rings (SSSR count). The molecule has 3 heteroatoms. The van der Waals surface area contributed by atoms with Gasteiger partial charge in [-0.1, -0.05) is 6.08 Å². The van der Waals surface area contributed by atoms with Gasteiger partial charge < -0.3 is 5.11 Å². The molecule has 0 unspecified atom stereocenters. The molecule has 0 atom stereocenters. The molecule has 0 fully saturated rings. The number of carboxylic acids is 1. The van der Waals surface area contributed by atoms with Crippen LogP contribution in [0.3, 0.4) is 0 Å². The van der Waals surface area contributed by atoms with E-state index in [-0.39, 0.29) is 49.4 Å². The van der Waals surface area contributed by atoms with Crippen molar-refractivity contribution in [1.82, 2.24) is 0 Å². The summed E-state index contributed by atoms with van der Waals surface area (Å²) in [6.45, 7) is 3.26. The summed E-state index contributed by atoms with van der Waals surface area (Å²) in [6.07, 6.45) is 1.56. The third kappa shape index (κ3) is 4.94. The molecule has 0 aliphatic rings.